The smallest absolute Gasteiger partial charge is 0.128 e. The highest BCUT2D eigenvalue weighted by Gasteiger charge is 2.31. The van der Waals surface area contributed by atoms with E-state index in [2.05, 4.69) is 81.2 Å². The second kappa shape index (κ2) is 9.79. The van der Waals surface area contributed by atoms with Crippen LogP contribution in [0, 0.1) is 0 Å². The van der Waals surface area contributed by atoms with E-state index in [4.69, 9.17) is 4.74 Å². The normalized spacial score (nSPS) is 12.1. The van der Waals surface area contributed by atoms with Crippen LogP contribution in [0.3, 0.4) is 0 Å². The minimum absolute atomic E-state index is 0.253. The van der Waals surface area contributed by atoms with Crippen LogP contribution in [0.4, 0.5) is 5.69 Å². The predicted octanol–water partition coefficient (Wildman–Crippen LogP) is 7.80. The lowest BCUT2D eigenvalue weighted by Gasteiger charge is -2.32. The molecule has 0 saturated heterocycles. The van der Waals surface area contributed by atoms with Crippen molar-refractivity contribution in [3.05, 3.63) is 125 Å². The number of benzene rings is 4. The molecular formula is C32H33NO2. The first-order chi connectivity index (χ1) is 16.7. The minimum atomic E-state index is -0.406. The van der Waals surface area contributed by atoms with Crippen LogP contribution in [-0.4, -0.2) is 18.4 Å². The molecular weight excluding hydrogens is 430 g/mol. The molecule has 0 amide bonds. The van der Waals surface area contributed by atoms with Gasteiger partial charge in [-0.25, -0.2) is 0 Å². The third kappa shape index (κ3) is 5.00. The minimum Gasteiger partial charge on any atom is -0.507 e. The number of hydrogen-bond acceptors (Lipinski definition) is 3. The molecule has 4 aromatic rings. The Bertz CT molecular complexity index is 1310. The van der Waals surface area contributed by atoms with Crippen LogP contribution in [0.25, 0.3) is 0 Å². The lowest BCUT2D eigenvalue weighted by molar-refractivity contribution is 0.415. The summed E-state index contributed by atoms with van der Waals surface area (Å²) >= 11 is 0. The third-order valence-electron chi connectivity index (χ3n) is 6.95. The van der Waals surface area contributed by atoms with Crippen molar-refractivity contribution in [3.63, 3.8) is 0 Å². The molecule has 0 radical (unpaired) electrons. The van der Waals surface area contributed by atoms with Crippen LogP contribution in [0.15, 0.2) is 102 Å². The van der Waals surface area contributed by atoms with Gasteiger partial charge in [-0.05, 0) is 47.0 Å². The molecule has 178 valence electrons. The number of phenolic OH excluding ortho intramolecular Hbond substituents is 1. The van der Waals surface area contributed by atoms with Crippen LogP contribution >= 0.6 is 0 Å². The van der Waals surface area contributed by atoms with Gasteiger partial charge in [0.2, 0.25) is 0 Å². The number of rotatable bonds is 7. The number of nitrogens with zero attached hydrogens (tertiary/aromatic N) is 1. The van der Waals surface area contributed by atoms with Crippen molar-refractivity contribution in [2.24, 2.45) is 4.99 Å². The Morgan fingerprint density at radius 1 is 0.686 bits per heavy atom. The second-order valence-electron chi connectivity index (χ2n) is 9.90. The standard InChI is InChI=1S/C32H33NO2/c1-31(2,24-12-8-6-9-13-24)26-20-23(22-33-27-16-18-28(35-5)19-17-27)30(34)29(21-26)32(3,4)25-14-10-7-11-15-25/h6-22,34H,1-5H3. The van der Waals surface area contributed by atoms with Gasteiger partial charge < -0.3 is 9.84 Å². The Labute approximate surface area is 208 Å². The van der Waals surface area contributed by atoms with Gasteiger partial charge >= 0.3 is 0 Å². The summed E-state index contributed by atoms with van der Waals surface area (Å²) in [5.74, 6) is 1.04. The lowest BCUT2D eigenvalue weighted by Crippen LogP contribution is -2.24. The number of aromatic hydroxyl groups is 1. The number of phenols is 1. The molecule has 0 atom stereocenters. The van der Waals surface area contributed by atoms with Crippen molar-refractivity contribution < 1.29 is 9.84 Å². The molecule has 0 aliphatic carbocycles. The summed E-state index contributed by atoms with van der Waals surface area (Å²) in [7, 11) is 1.65. The summed E-state index contributed by atoms with van der Waals surface area (Å²) in [6.07, 6.45) is 1.76. The van der Waals surface area contributed by atoms with Crippen molar-refractivity contribution >= 4 is 11.9 Å². The van der Waals surface area contributed by atoms with Gasteiger partial charge in [0.15, 0.2) is 0 Å². The van der Waals surface area contributed by atoms with Crippen molar-refractivity contribution in [2.75, 3.05) is 7.11 Å². The Morgan fingerprint density at radius 2 is 1.23 bits per heavy atom. The summed E-state index contributed by atoms with van der Waals surface area (Å²) in [5, 5.41) is 11.5. The third-order valence-corrected chi connectivity index (χ3v) is 6.95. The van der Waals surface area contributed by atoms with E-state index in [9.17, 15) is 5.11 Å². The molecule has 0 fully saturated rings. The molecule has 0 aliphatic heterocycles. The SMILES string of the molecule is COc1ccc(N=Cc2cc(C(C)(C)c3ccccc3)cc(C(C)(C)c3ccccc3)c2O)cc1. The van der Waals surface area contributed by atoms with Crippen LogP contribution in [-0.2, 0) is 10.8 Å². The molecule has 4 aromatic carbocycles. The Hall–Kier alpha value is -3.85. The predicted molar refractivity (Wildman–Crippen MR) is 145 cm³/mol. The first-order valence-electron chi connectivity index (χ1n) is 11.9. The molecule has 0 aromatic heterocycles. The number of hydrogen-bond donors (Lipinski definition) is 1. The highest BCUT2D eigenvalue weighted by Crippen LogP contribution is 2.42. The maximum absolute atomic E-state index is 11.5. The Kier molecular flexibility index (Phi) is 6.79. The monoisotopic (exact) mass is 463 g/mol. The fraction of sp³-hybridized carbons (Fsp3) is 0.219. The van der Waals surface area contributed by atoms with E-state index in [0.29, 0.717) is 5.56 Å². The van der Waals surface area contributed by atoms with Gasteiger partial charge in [0, 0.05) is 28.2 Å². The zero-order valence-electron chi connectivity index (χ0n) is 21.1. The fourth-order valence-corrected chi connectivity index (χ4v) is 4.44. The Balaban J connectivity index is 1.87. The maximum atomic E-state index is 11.5. The van der Waals surface area contributed by atoms with Gasteiger partial charge in [-0.3, -0.25) is 4.99 Å². The first kappa shape index (κ1) is 24.3. The zero-order chi connectivity index (χ0) is 25.1. The summed E-state index contributed by atoms with van der Waals surface area (Å²) in [6.45, 7) is 8.75. The van der Waals surface area contributed by atoms with E-state index in [-0.39, 0.29) is 11.2 Å². The average molecular weight is 464 g/mol. The van der Waals surface area contributed by atoms with E-state index in [1.165, 1.54) is 5.56 Å². The lowest BCUT2D eigenvalue weighted by atomic mass is 9.72. The molecule has 4 rings (SSSR count). The molecule has 0 unspecified atom stereocenters. The van der Waals surface area contributed by atoms with Gasteiger partial charge in [-0.15, -0.1) is 0 Å². The first-order valence-corrected chi connectivity index (χ1v) is 11.9. The highest BCUT2D eigenvalue weighted by atomic mass is 16.5. The molecule has 1 N–H and O–H groups in total. The fourth-order valence-electron chi connectivity index (χ4n) is 4.44. The highest BCUT2D eigenvalue weighted by molar-refractivity contribution is 5.87. The van der Waals surface area contributed by atoms with Crippen LogP contribution in [0.5, 0.6) is 11.5 Å². The van der Waals surface area contributed by atoms with Gasteiger partial charge in [0.1, 0.15) is 11.5 Å². The van der Waals surface area contributed by atoms with Crippen molar-refractivity contribution in [1.29, 1.82) is 0 Å². The topological polar surface area (TPSA) is 41.8 Å². The second-order valence-corrected chi connectivity index (χ2v) is 9.90. The molecule has 0 bridgehead atoms. The molecule has 0 spiro atoms. The zero-order valence-corrected chi connectivity index (χ0v) is 21.1. The number of aliphatic imine (C=N–C) groups is 1. The van der Waals surface area contributed by atoms with E-state index in [0.717, 1.165) is 28.1 Å². The van der Waals surface area contributed by atoms with E-state index < -0.39 is 5.41 Å². The number of ether oxygens (including phenoxy) is 1. The van der Waals surface area contributed by atoms with E-state index in [1.807, 2.05) is 48.5 Å². The average Bonchev–Trinajstić information content (AvgIpc) is 2.89. The van der Waals surface area contributed by atoms with E-state index >= 15 is 0 Å². The molecule has 3 nitrogen and oxygen atoms in total. The molecule has 3 heteroatoms. The molecule has 0 heterocycles. The van der Waals surface area contributed by atoms with Gasteiger partial charge in [0.25, 0.3) is 0 Å². The van der Waals surface area contributed by atoms with Gasteiger partial charge in [0.05, 0.1) is 12.8 Å². The largest absolute Gasteiger partial charge is 0.507 e. The summed E-state index contributed by atoms with van der Waals surface area (Å²) in [5.41, 5.74) is 5.17. The molecule has 0 saturated carbocycles. The number of methoxy groups -OCH3 is 1. The van der Waals surface area contributed by atoms with E-state index in [1.54, 1.807) is 13.3 Å². The molecule has 35 heavy (non-hydrogen) atoms. The van der Waals surface area contributed by atoms with Crippen LogP contribution in [0.2, 0.25) is 0 Å². The van der Waals surface area contributed by atoms with Crippen LogP contribution in [0.1, 0.15) is 55.5 Å². The summed E-state index contributed by atoms with van der Waals surface area (Å²) < 4.78 is 5.25. The molecule has 0 aliphatic rings. The Morgan fingerprint density at radius 3 is 1.77 bits per heavy atom. The van der Waals surface area contributed by atoms with Crippen molar-refractivity contribution in [1.82, 2.24) is 0 Å². The quantitative estimate of drug-likeness (QED) is 0.284. The van der Waals surface area contributed by atoms with Crippen molar-refractivity contribution in [2.45, 2.75) is 38.5 Å². The summed E-state index contributed by atoms with van der Waals surface area (Å²) in [4.78, 5) is 4.66. The summed E-state index contributed by atoms with van der Waals surface area (Å²) in [6, 6.07) is 32.6. The van der Waals surface area contributed by atoms with Gasteiger partial charge in [-0.2, -0.15) is 0 Å². The van der Waals surface area contributed by atoms with Gasteiger partial charge in [-0.1, -0.05) is 94.4 Å². The maximum Gasteiger partial charge on any atom is 0.128 e. The van der Waals surface area contributed by atoms with Crippen molar-refractivity contribution in [3.8, 4) is 11.5 Å². The van der Waals surface area contributed by atoms with Crippen LogP contribution < -0.4 is 4.74 Å².